The lowest BCUT2D eigenvalue weighted by Crippen LogP contribution is -2.09. The van der Waals surface area contributed by atoms with Crippen LogP contribution >= 0.6 is 11.6 Å². The van der Waals surface area contributed by atoms with Crippen LogP contribution in [-0.4, -0.2) is 10.4 Å². The molecule has 0 saturated carbocycles. The van der Waals surface area contributed by atoms with Crippen LogP contribution in [0.25, 0.3) is 10.9 Å². The van der Waals surface area contributed by atoms with E-state index in [0.717, 1.165) is 11.9 Å². The highest BCUT2D eigenvalue weighted by Crippen LogP contribution is 2.31. The van der Waals surface area contributed by atoms with Gasteiger partial charge < -0.3 is 0 Å². The average molecular weight is 234 g/mol. The summed E-state index contributed by atoms with van der Waals surface area (Å²) in [4.78, 5) is 4.37. The molecular formula is C14H16ClN. The van der Waals surface area contributed by atoms with E-state index < -0.39 is 0 Å². The van der Waals surface area contributed by atoms with E-state index >= 15 is 0 Å². The zero-order chi connectivity index (χ0) is 11.5. The van der Waals surface area contributed by atoms with Crippen LogP contribution in [0.4, 0.5) is 0 Å². The summed E-state index contributed by atoms with van der Waals surface area (Å²) in [7, 11) is 0. The lowest BCUT2D eigenvalue weighted by Gasteiger charge is -2.19. The van der Waals surface area contributed by atoms with Crippen LogP contribution in [0.1, 0.15) is 31.7 Å². The van der Waals surface area contributed by atoms with Gasteiger partial charge in [0, 0.05) is 22.9 Å². The summed E-state index contributed by atoms with van der Waals surface area (Å²) in [5.41, 5.74) is 2.37. The predicted molar refractivity (Wildman–Crippen MR) is 70.1 cm³/mol. The number of rotatable bonds is 3. The molecular weight excluding hydrogens is 218 g/mol. The molecule has 0 bridgehead atoms. The SMILES string of the molecule is CCC(c1ccnc2ccccc12)C(C)Cl. The van der Waals surface area contributed by atoms with Crippen LogP contribution in [0.5, 0.6) is 0 Å². The minimum Gasteiger partial charge on any atom is -0.256 e. The summed E-state index contributed by atoms with van der Waals surface area (Å²) in [6.45, 7) is 4.24. The van der Waals surface area contributed by atoms with Gasteiger partial charge in [0.25, 0.3) is 0 Å². The Labute approximate surface area is 101 Å². The Balaban J connectivity index is 2.59. The average Bonchev–Trinajstić information content (AvgIpc) is 2.30. The van der Waals surface area contributed by atoms with Crippen molar-refractivity contribution in [3.8, 4) is 0 Å². The zero-order valence-electron chi connectivity index (χ0n) is 9.65. The lowest BCUT2D eigenvalue weighted by atomic mass is 9.91. The Morgan fingerprint density at radius 3 is 2.69 bits per heavy atom. The molecule has 0 radical (unpaired) electrons. The topological polar surface area (TPSA) is 12.9 Å². The molecule has 0 fully saturated rings. The van der Waals surface area contributed by atoms with Crippen LogP contribution in [0, 0.1) is 0 Å². The Bertz CT molecular complexity index is 474. The Hall–Kier alpha value is -1.08. The molecule has 0 amide bonds. The highest BCUT2D eigenvalue weighted by Gasteiger charge is 2.17. The Kier molecular flexibility index (Phi) is 3.45. The fourth-order valence-corrected chi connectivity index (χ4v) is 2.55. The zero-order valence-corrected chi connectivity index (χ0v) is 10.4. The molecule has 2 rings (SSSR count). The van der Waals surface area contributed by atoms with Gasteiger partial charge in [-0.1, -0.05) is 25.1 Å². The van der Waals surface area contributed by atoms with E-state index in [4.69, 9.17) is 11.6 Å². The van der Waals surface area contributed by atoms with Gasteiger partial charge in [-0.2, -0.15) is 0 Å². The summed E-state index contributed by atoms with van der Waals surface area (Å²) in [5.74, 6) is 0.398. The van der Waals surface area contributed by atoms with Crippen molar-refractivity contribution >= 4 is 22.5 Å². The van der Waals surface area contributed by atoms with Gasteiger partial charge >= 0.3 is 0 Å². The molecule has 0 saturated heterocycles. The molecule has 2 heteroatoms. The number of aromatic nitrogens is 1. The van der Waals surface area contributed by atoms with Gasteiger partial charge in [0.1, 0.15) is 0 Å². The first-order valence-electron chi connectivity index (χ1n) is 5.71. The summed E-state index contributed by atoms with van der Waals surface area (Å²) < 4.78 is 0. The van der Waals surface area contributed by atoms with E-state index in [2.05, 4.69) is 37.0 Å². The highest BCUT2D eigenvalue weighted by atomic mass is 35.5. The molecule has 84 valence electrons. The van der Waals surface area contributed by atoms with Gasteiger partial charge in [-0.15, -0.1) is 11.6 Å². The minimum absolute atomic E-state index is 0.149. The molecule has 1 aromatic heterocycles. The van der Waals surface area contributed by atoms with Crippen LogP contribution in [0.2, 0.25) is 0 Å². The molecule has 0 spiro atoms. The third-order valence-electron chi connectivity index (χ3n) is 3.08. The van der Waals surface area contributed by atoms with Crippen molar-refractivity contribution in [1.29, 1.82) is 0 Å². The van der Waals surface area contributed by atoms with Gasteiger partial charge in [-0.05, 0) is 31.0 Å². The van der Waals surface area contributed by atoms with Crippen molar-refractivity contribution in [1.82, 2.24) is 4.98 Å². The Morgan fingerprint density at radius 2 is 2.00 bits per heavy atom. The van der Waals surface area contributed by atoms with E-state index in [9.17, 15) is 0 Å². The van der Waals surface area contributed by atoms with E-state index in [-0.39, 0.29) is 5.38 Å². The summed E-state index contributed by atoms with van der Waals surface area (Å²) in [6, 6.07) is 10.3. The molecule has 1 nitrogen and oxygen atoms in total. The lowest BCUT2D eigenvalue weighted by molar-refractivity contribution is 0.653. The third-order valence-corrected chi connectivity index (χ3v) is 3.38. The second-order valence-corrected chi connectivity index (χ2v) is 4.80. The van der Waals surface area contributed by atoms with E-state index in [1.165, 1.54) is 10.9 Å². The van der Waals surface area contributed by atoms with Crippen molar-refractivity contribution in [2.45, 2.75) is 31.6 Å². The number of benzene rings is 1. The van der Waals surface area contributed by atoms with Crippen molar-refractivity contribution in [2.24, 2.45) is 0 Å². The fourth-order valence-electron chi connectivity index (χ4n) is 2.23. The molecule has 1 heterocycles. The fraction of sp³-hybridized carbons (Fsp3) is 0.357. The maximum Gasteiger partial charge on any atom is 0.0704 e. The first-order valence-corrected chi connectivity index (χ1v) is 6.15. The maximum absolute atomic E-state index is 6.26. The minimum atomic E-state index is 0.149. The number of pyridine rings is 1. The maximum atomic E-state index is 6.26. The smallest absolute Gasteiger partial charge is 0.0704 e. The van der Waals surface area contributed by atoms with Crippen LogP contribution in [-0.2, 0) is 0 Å². The predicted octanol–water partition coefficient (Wildman–Crippen LogP) is 4.36. The number of hydrogen-bond donors (Lipinski definition) is 0. The van der Waals surface area contributed by atoms with Gasteiger partial charge in [-0.3, -0.25) is 4.98 Å². The molecule has 0 N–H and O–H groups in total. The monoisotopic (exact) mass is 233 g/mol. The largest absolute Gasteiger partial charge is 0.256 e. The van der Waals surface area contributed by atoms with Gasteiger partial charge in [-0.25, -0.2) is 0 Å². The van der Waals surface area contributed by atoms with Crippen molar-refractivity contribution in [3.63, 3.8) is 0 Å². The van der Waals surface area contributed by atoms with Gasteiger partial charge in [0.15, 0.2) is 0 Å². The molecule has 0 aliphatic heterocycles. The number of fused-ring (bicyclic) bond motifs is 1. The number of alkyl halides is 1. The number of para-hydroxylation sites is 1. The highest BCUT2D eigenvalue weighted by molar-refractivity contribution is 6.21. The normalized spacial score (nSPS) is 14.9. The van der Waals surface area contributed by atoms with Crippen LogP contribution in [0.15, 0.2) is 36.5 Å². The van der Waals surface area contributed by atoms with E-state index in [1.54, 1.807) is 0 Å². The first kappa shape index (κ1) is 11.4. The molecule has 0 aliphatic carbocycles. The second kappa shape index (κ2) is 4.84. The van der Waals surface area contributed by atoms with Crippen molar-refractivity contribution < 1.29 is 0 Å². The quantitative estimate of drug-likeness (QED) is 0.718. The molecule has 16 heavy (non-hydrogen) atoms. The third kappa shape index (κ3) is 2.05. The molecule has 0 aliphatic rings. The molecule has 2 atom stereocenters. The Morgan fingerprint density at radius 1 is 1.25 bits per heavy atom. The number of halogens is 1. The number of hydrogen-bond acceptors (Lipinski definition) is 1. The van der Waals surface area contributed by atoms with Crippen molar-refractivity contribution in [3.05, 3.63) is 42.1 Å². The van der Waals surface area contributed by atoms with E-state index in [1.807, 2.05) is 18.3 Å². The summed E-state index contributed by atoms with van der Waals surface area (Å²) in [5, 5.41) is 1.38. The van der Waals surface area contributed by atoms with Crippen LogP contribution < -0.4 is 0 Å². The number of nitrogens with zero attached hydrogens (tertiary/aromatic N) is 1. The first-order chi connectivity index (χ1) is 7.74. The molecule has 2 aromatic rings. The summed E-state index contributed by atoms with van der Waals surface area (Å²) >= 11 is 6.26. The van der Waals surface area contributed by atoms with E-state index in [0.29, 0.717) is 5.92 Å². The van der Waals surface area contributed by atoms with Gasteiger partial charge in [0.05, 0.1) is 5.52 Å². The van der Waals surface area contributed by atoms with Gasteiger partial charge in [0.2, 0.25) is 0 Å². The standard InChI is InChI=1S/C14H16ClN/c1-3-11(10(2)15)12-8-9-16-14-7-5-4-6-13(12)14/h4-11H,3H2,1-2H3. The molecule has 2 unspecified atom stereocenters. The molecule has 1 aromatic carbocycles. The van der Waals surface area contributed by atoms with Crippen LogP contribution in [0.3, 0.4) is 0 Å². The second-order valence-electron chi connectivity index (χ2n) is 4.11. The van der Waals surface area contributed by atoms with Crippen molar-refractivity contribution in [2.75, 3.05) is 0 Å². The summed E-state index contributed by atoms with van der Waals surface area (Å²) in [6.07, 6.45) is 2.93.